The molecule has 0 radical (unpaired) electrons. The molecule has 1 aliphatic carbocycles. The summed E-state index contributed by atoms with van der Waals surface area (Å²) in [5.41, 5.74) is 2.09. The van der Waals surface area contributed by atoms with Crippen LogP contribution in [0.25, 0.3) is 5.69 Å². The lowest BCUT2D eigenvalue weighted by Crippen LogP contribution is -2.40. The molecule has 0 bridgehead atoms. The van der Waals surface area contributed by atoms with Crippen molar-refractivity contribution in [2.24, 2.45) is 5.92 Å². The first-order valence-electron chi connectivity index (χ1n) is 8.78. The van der Waals surface area contributed by atoms with Crippen LogP contribution in [0.2, 0.25) is 0 Å². The summed E-state index contributed by atoms with van der Waals surface area (Å²) in [5, 5.41) is 12.5. The van der Waals surface area contributed by atoms with Gasteiger partial charge in [0, 0.05) is 13.1 Å². The minimum atomic E-state index is 0.142. The highest BCUT2D eigenvalue weighted by atomic mass is 32.2. The maximum absolute atomic E-state index is 12.5. The summed E-state index contributed by atoms with van der Waals surface area (Å²) in [6, 6.07) is 8.38. The van der Waals surface area contributed by atoms with E-state index in [1.807, 2.05) is 43.1 Å². The minimum absolute atomic E-state index is 0.142. The highest BCUT2D eigenvalue weighted by Gasteiger charge is 2.25. The molecular weight excluding hydrogens is 334 g/mol. The summed E-state index contributed by atoms with van der Waals surface area (Å²) in [4.78, 5) is 14.5. The molecule has 0 saturated heterocycles. The summed E-state index contributed by atoms with van der Waals surface area (Å²) in [7, 11) is 1.92. The molecule has 2 aromatic rings. The van der Waals surface area contributed by atoms with Crippen molar-refractivity contribution in [2.45, 2.75) is 50.7 Å². The number of aromatic nitrogens is 4. The lowest BCUT2D eigenvalue weighted by molar-refractivity contribution is -0.129. The zero-order valence-electron chi connectivity index (χ0n) is 15.1. The van der Waals surface area contributed by atoms with Crippen molar-refractivity contribution in [3.8, 4) is 5.69 Å². The molecular formula is C18H25N5OS. The number of benzene rings is 1. The fraction of sp³-hybridized carbons (Fsp3) is 0.556. The van der Waals surface area contributed by atoms with Crippen molar-refractivity contribution in [1.82, 2.24) is 25.1 Å². The van der Waals surface area contributed by atoms with Crippen LogP contribution in [0.5, 0.6) is 0 Å². The molecule has 7 heteroatoms. The quantitative estimate of drug-likeness (QED) is 0.768. The Bertz CT molecular complexity index is 707. The molecule has 0 unspecified atom stereocenters. The van der Waals surface area contributed by atoms with Gasteiger partial charge in [0.05, 0.1) is 11.4 Å². The Morgan fingerprint density at radius 3 is 2.60 bits per heavy atom. The molecule has 0 atom stereocenters. The maximum atomic E-state index is 12.5. The van der Waals surface area contributed by atoms with Crippen molar-refractivity contribution in [3.05, 3.63) is 29.8 Å². The third-order valence-electron chi connectivity index (χ3n) is 4.97. The Hall–Kier alpha value is -1.89. The van der Waals surface area contributed by atoms with Gasteiger partial charge in [0.25, 0.3) is 0 Å². The number of rotatable bonds is 5. The van der Waals surface area contributed by atoms with E-state index in [9.17, 15) is 4.79 Å². The first-order valence-corrected chi connectivity index (χ1v) is 9.77. The smallest absolute Gasteiger partial charge is 0.233 e. The molecule has 0 aliphatic heterocycles. The standard InChI is InChI=1S/C18H25N5OS/c1-13-4-8-15(9-5-13)22(3)17(24)12-25-18-19-20-21-23(18)16-10-6-14(2)7-11-16/h6-7,10-11,13,15H,4-5,8-9,12H2,1-3H3. The molecule has 1 aliphatic rings. The number of hydrogen-bond acceptors (Lipinski definition) is 5. The SMILES string of the molecule is Cc1ccc(-n2nnnc2SCC(=O)N(C)C2CCC(C)CC2)cc1. The van der Waals surface area contributed by atoms with Crippen LogP contribution in [0.3, 0.4) is 0 Å². The summed E-state index contributed by atoms with van der Waals surface area (Å²) < 4.78 is 1.68. The van der Waals surface area contributed by atoms with Crippen molar-refractivity contribution < 1.29 is 4.79 Å². The third kappa shape index (κ3) is 4.39. The molecule has 1 heterocycles. The molecule has 1 fully saturated rings. The number of carbonyl (C=O) groups is 1. The molecule has 1 saturated carbocycles. The highest BCUT2D eigenvalue weighted by Crippen LogP contribution is 2.27. The van der Waals surface area contributed by atoms with Gasteiger partial charge in [-0.1, -0.05) is 36.4 Å². The number of aryl methyl sites for hydroxylation is 1. The van der Waals surface area contributed by atoms with Crippen LogP contribution >= 0.6 is 11.8 Å². The number of amides is 1. The van der Waals surface area contributed by atoms with E-state index in [-0.39, 0.29) is 5.91 Å². The Balaban J connectivity index is 1.59. The highest BCUT2D eigenvalue weighted by molar-refractivity contribution is 7.99. The Kier molecular flexibility index (Phi) is 5.73. The largest absolute Gasteiger partial charge is 0.342 e. The summed E-state index contributed by atoms with van der Waals surface area (Å²) in [6.45, 7) is 4.33. The topological polar surface area (TPSA) is 63.9 Å². The zero-order chi connectivity index (χ0) is 17.8. The Morgan fingerprint density at radius 2 is 1.92 bits per heavy atom. The average Bonchev–Trinajstić information content (AvgIpc) is 3.09. The van der Waals surface area contributed by atoms with Gasteiger partial charge in [-0.25, -0.2) is 0 Å². The first kappa shape index (κ1) is 17.9. The monoisotopic (exact) mass is 359 g/mol. The predicted molar refractivity (Wildman–Crippen MR) is 98.8 cm³/mol. The van der Waals surface area contributed by atoms with E-state index in [4.69, 9.17) is 0 Å². The minimum Gasteiger partial charge on any atom is -0.342 e. The van der Waals surface area contributed by atoms with Gasteiger partial charge in [-0.2, -0.15) is 4.68 Å². The lowest BCUT2D eigenvalue weighted by atomic mass is 9.87. The zero-order valence-corrected chi connectivity index (χ0v) is 15.9. The van der Waals surface area contributed by atoms with Gasteiger partial charge in [-0.05, 0) is 61.1 Å². The third-order valence-corrected chi connectivity index (χ3v) is 5.87. The number of nitrogens with zero attached hydrogens (tertiary/aromatic N) is 5. The van der Waals surface area contributed by atoms with Crippen molar-refractivity contribution in [2.75, 3.05) is 12.8 Å². The molecule has 25 heavy (non-hydrogen) atoms. The number of thioether (sulfide) groups is 1. The van der Waals surface area contributed by atoms with E-state index in [0.29, 0.717) is 17.0 Å². The van der Waals surface area contributed by atoms with Gasteiger partial charge >= 0.3 is 0 Å². The van der Waals surface area contributed by atoms with Crippen LogP contribution in [0.1, 0.15) is 38.2 Å². The van der Waals surface area contributed by atoms with E-state index >= 15 is 0 Å². The van der Waals surface area contributed by atoms with Gasteiger partial charge in [-0.15, -0.1) is 5.10 Å². The molecule has 134 valence electrons. The normalized spacial score (nSPS) is 20.4. The second-order valence-corrected chi connectivity index (χ2v) is 7.86. The predicted octanol–water partition coefficient (Wildman–Crippen LogP) is 3.10. The summed E-state index contributed by atoms with van der Waals surface area (Å²) in [6.07, 6.45) is 4.63. The van der Waals surface area contributed by atoms with E-state index < -0.39 is 0 Å². The second-order valence-electron chi connectivity index (χ2n) is 6.92. The maximum Gasteiger partial charge on any atom is 0.233 e. The van der Waals surface area contributed by atoms with Gasteiger partial charge in [-0.3, -0.25) is 4.79 Å². The van der Waals surface area contributed by atoms with Gasteiger partial charge in [0.1, 0.15) is 0 Å². The van der Waals surface area contributed by atoms with Crippen LogP contribution < -0.4 is 0 Å². The second kappa shape index (κ2) is 7.99. The number of hydrogen-bond donors (Lipinski definition) is 0. The Morgan fingerprint density at radius 1 is 1.24 bits per heavy atom. The summed E-state index contributed by atoms with van der Waals surface area (Å²) >= 11 is 1.39. The van der Waals surface area contributed by atoms with Crippen LogP contribution in [-0.2, 0) is 4.79 Å². The molecule has 0 N–H and O–H groups in total. The lowest BCUT2D eigenvalue weighted by Gasteiger charge is -2.33. The molecule has 6 nitrogen and oxygen atoms in total. The van der Waals surface area contributed by atoms with Gasteiger partial charge < -0.3 is 4.90 Å². The van der Waals surface area contributed by atoms with E-state index in [1.165, 1.54) is 30.2 Å². The summed E-state index contributed by atoms with van der Waals surface area (Å²) in [5.74, 6) is 1.28. The van der Waals surface area contributed by atoms with E-state index in [1.54, 1.807) is 4.68 Å². The average molecular weight is 359 g/mol. The van der Waals surface area contributed by atoms with E-state index in [0.717, 1.165) is 24.4 Å². The van der Waals surface area contributed by atoms with Crippen molar-refractivity contribution in [3.63, 3.8) is 0 Å². The van der Waals surface area contributed by atoms with Crippen LogP contribution in [0.15, 0.2) is 29.4 Å². The van der Waals surface area contributed by atoms with Crippen molar-refractivity contribution in [1.29, 1.82) is 0 Å². The molecule has 1 aromatic heterocycles. The fourth-order valence-corrected chi connectivity index (χ4v) is 3.99. The van der Waals surface area contributed by atoms with Gasteiger partial charge in [0.15, 0.2) is 0 Å². The first-order chi connectivity index (χ1) is 12.0. The fourth-order valence-electron chi connectivity index (χ4n) is 3.18. The van der Waals surface area contributed by atoms with E-state index in [2.05, 4.69) is 22.4 Å². The van der Waals surface area contributed by atoms with Crippen molar-refractivity contribution >= 4 is 17.7 Å². The van der Waals surface area contributed by atoms with Crippen LogP contribution in [-0.4, -0.2) is 49.9 Å². The molecule has 0 spiro atoms. The van der Waals surface area contributed by atoms with Crippen LogP contribution in [0, 0.1) is 12.8 Å². The van der Waals surface area contributed by atoms with Crippen LogP contribution in [0.4, 0.5) is 0 Å². The number of tetrazole rings is 1. The number of carbonyl (C=O) groups excluding carboxylic acids is 1. The molecule has 1 aromatic carbocycles. The molecule has 1 amide bonds. The Labute approximate surface area is 153 Å². The van der Waals surface area contributed by atoms with Gasteiger partial charge in [0.2, 0.25) is 11.1 Å². The molecule has 3 rings (SSSR count).